The Bertz CT molecular complexity index is 1390. The van der Waals surface area contributed by atoms with E-state index in [4.69, 9.17) is 9.72 Å². The molecule has 0 saturated carbocycles. The summed E-state index contributed by atoms with van der Waals surface area (Å²) < 4.78 is 7.83. The van der Waals surface area contributed by atoms with E-state index in [2.05, 4.69) is 52.5 Å². The molecule has 7 heteroatoms. The Hall–Kier alpha value is -3.63. The average Bonchev–Trinajstić information content (AvgIpc) is 3.40. The molecule has 2 bridgehead atoms. The lowest BCUT2D eigenvalue weighted by Gasteiger charge is -2.36. The molecule has 1 N–H and O–H groups in total. The summed E-state index contributed by atoms with van der Waals surface area (Å²) in [5, 5.41) is 14.1. The smallest absolute Gasteiger partial charge is 0.236 e. The summed E-state index contributed by atoms with van der Waals surface area (Å²) >= 11 is 0. The number of hydrogen-bond acceptors (Lipinski definition) is 6. The number of nitrogens with one attached hydrogen (secondary N) is 1. The molecular weight excluding hydrogens is 412 g/mol. The second-order valence-electron chi connectivity index (χ2n) is 9.09. The molecule has 0 radical (unpaired) electrons. The first kappa shape index (κ1) is 20.0. The van der Waals surface area contributed by atoms with Gasteiger partial charge < -0.3 is 15.0 Å². The molecule has 33 heavy (non-hydrogen) atoms. The zero-order valence-electron chi connectivity index (χ0n) is 18.8. The molecule has 2 fully saturated rings. The highest BCUT2D eigenvalue weighted by molar-refractivity contribution is 5.94. The van der Waals surface area contributed by atoms with Crippen molar-refractivity contribution in [2.45, 2.75) is 44.8 Å². The average molecular weight is 439 g/mol. The molecule has 0 amide bonds. The van der Waals surface area contributed by atoms with Crippen molar-refractivity contribution in [3.8, 4) is 6.07 Å². The van der Waals surface area contributed by atoms with Crippen molar-refractivity contribution in [1.82, 2.24) is 14.4 Å². The number of ether oxygens (including phenoxy) is 1. The molecule has 166 valence electrons. The lowest BCUT2D eigenvalue weighted by Crippen LogP contribution is -2.45. The van der Waals surface area contributed by atoms with Gasteiger partial charge in [-0.05, 0) is 62.1 Å². The van der Waals surface area contributed by atoms with Crippen molar-refractivity contribution in [1.29, 1.82) is 5.26 Å². The summed E-state index contributed by atoms with van der Waals surface area (Å²) in [5.74, 6) is 1.47. The number of fused-ring (bicyclic) bond motifs is 5. The lowest BCUT2D eigenvalue weighted by atomic mass is 9.98. The van der Waals surface area contributed by atoms with Crippen LogP contribution >= 0.6 is 0 Å². The normalized spacial score (nSPS) is 20.8. The highest BCUT2D eigenvalue weighted by atomic mass is 16.5. The zero-order chi connectivity index (χ0) is 22.5. The van der Waals surface area contributed by atoms with Gasteiger partial charge in [-0.15, -0.1) is 0 Å². The van der Waals surface area contributed by atoms with Gasteiger partial charge in [0.1, 0.15) is 5.82 Å². The van der Waals surface area contributed by atoms with Crippen molar-refractivity contribution in [3.63, 3.8) is 0 Å². The minimum Gasteiger partial charge on any atom is -0.377 e. The Morgan fingerprint density at radius 2 is 2.00 bits per heavy atom. The molecular formula is C26H26N6O. The fourth-order valence-corrected chi connectivity index (χ4v) is 5.50. The molecule has 4 heterocycles. The fourth-order valence-electron chi connectivity index (χ4n) is 5.50. The minimum absolute atomic E-state index is 0.0189. The molecule has 4 aromatic rings. The van der Waals surface area contributed by atoms with Gasteiger partial charge in [0.25, 0.3) is 0 Å². The predicted molar refractivity (Wildman–Crippen MR) is 129 cm³/mol. The van der Waals surface area contributed by atoms with E-state index in [1.54, 1.807) is 6.20 Å². The minimum atomic E-state index is -0.0189. The van der Waals surface area contributed by atoms with E-state index in [0.717, 1.165) is 41.1 Å². The van der Waals surface area contributed by atoms with Crippen LogP contribution in [0.15, 0.2) is 48.8 Å². The van der Waals surface area contributed by atoms with Gasteiger partial charge in [-0.25, -0.2) is 4.98 Å². The van der Waals surface area contributed by atoms with E-state index in [1.807, 2.05) is 29.7 Å². The van der Waals surface area contributed by atoms with E-state index in [9.17, 15) is 5.26 Å². The van der Waals surface area contributed by atoms with E-state index in [1.165, 1.54) is 18.5 Å². The zero-order valence-corrected chi connectivity index (χ0v) is 18.8. The number of anilines is 2. The second-order valence-corrected chi connectivity index (χ2v) is 9.09. The van der Waals surface area contributed by atoms with Crippen LogP contribution < -0.4 is 10.2 Å². The van der Waals surface area contributed by atoms with Crippen LogP contribution in [0, 0.1) is 18.3 Å². The van der Waals surface area contributed by atoms with Gasteiger partial charge in [-0.1, -0.05) is 12.1 Å². The molecule has 2 aliphatic rings. The quantitative estimate of drug-likeness (QED) is 0.502. The third kappa shape index (κ3) is 3.21. The Morgan fingerprint density at radius 1 is 1.18 bits per heavy atom. The van der Waals surface area contributed by atoms with Crippen LogP contribution in [0.4, 0.5) is 11.5 Å². The summed E-state index contributed by atoms with van der Waals surface area (Å²) in [6.07, 6.45) is 6.10. The van der Waals surface area contributed by atoms with Gasteiger partial charge in [0.2, 0.25) is 5.78 Å². The van der Waals surface area contributed by atoms with Crippen LogP contribution in [0.25, 0.3) is 16.7 Å². The van der Waals surface area contributed by atoms with Crippen LogP contribution in [-0.2, 0) is 4.74 Å². The Balaban J connectivity index is 1.45. The van der Waals surface area contributed by atoms with E-state index >= 15 is 0 Å². The number of nitrogens with zero attached hydrogens (tertiary/aromatic N) is 5. The predicted octanol–water partition coefficient (Wildman–Crippen LogP) is 4.60. The molecule has 3 unspecified atom stereocenters. The van der Waals surface area contributed by atoms with E-state index in [0.29, 0.717) is 23.4 Å². The number of aromatic nitrogens is 3. The van der Waals surface area contributed by atoms with Gasteiger partial charge in [-0.2, -0.15) is 10.2 Å². The van der Waals surface area contributed by atoms with Gasteiger partial charge in [-0.3, -0.25) is 4.40 Å². The van der Waals surface area contributed by atoms with Crippen molar-refractivity contribution in [3.05, 3.63) is 65.5 Å². The maximum Gasteiger partial charge on any atom is 0.236 e. The van der Waals surface area contributed by atoms with Gasteiger partial charge in [0.15, 0.2) is 0 Å². The topological polar surface area (TPSA) is 78.5 Å². The number of benzene rings is 2. The van der Waals surface area contributed by atoms with Crippen molar-refractivity contribution < 1.29 is 4.74 Å². The third-order valence-corrected chi connectivity index (χ3v) is 7.18. The van der Waals surface area contributed by atoms with Crippen LogP contribution in [0.5, 0.6) is 0 Å². The summed E-state index contributed by atoms with van der Waals surface area (Å²) in [5.41, 5.74) is 5.08. The van der Waals surface area contributed by atoms with Crippen molar-refractivity contribution >= 4 is 28.2 Å². The Labute approximate surface area is 192 Å². The maximum atomic E-state index is 9.45. The van der Waals surface area contributed by atoms with Crippen LogP contribution in [0.3, 0.4) is 0 Å². The molecule has 2 saturated heterocycles. The second kappa shape index (κ2) is 7.75. The molecule has 2 aromatic heterocycles. The van der Waals surface area contributed by atoms with Gasteiger partial charge >= 0.3 is 0 Å². The number of rotatable bonds is 4. The summed E-state index contributed by atoms with van der Waals surface area (Å²) in [6, 6.07) is 15.7. The standard InChI is InChI=1S/C26H26N6O/c1-16-18(13-27)4-3-5-22(16)17(2)29-25-23-12-19(32-20-6-7-21(32)15-33-14-20)8-9-24(23)31-11-10-28-26(31)30-25/h3-5,8-12,17,20-21H,6-7,14-15H2,1-2H3,(H,28,29,30). The third-order valence-electron chi connectivity index (χ3n) is 7.18. The summed E-state index contributed by atoms with van der Waals surface area (Å²) in [4.78, 5) is 11.9. The van der Waals surface area contributed by atoms with Crippen molar-refractivity contribution in [2.24, 2.45) is 0 Å². The number of morpholine rings is 1. The Kier molecular flexibility index (Phi) is 4.70. The Morgan fingerprint density at radius 3 is 2.79 bits per heavy atom. The highest BCUT2D eigenvalue weighted by Crippen LogP contribution is 2.37. The molecule has 7 nitrogen and oxygen atoms in total. The van der Waals surface area contributed by atoms with Gasteiger partial charge in [0.05, 0.1) is 48.5 Å². The lowest BCUT2D eigenvalue weighted by molar-refractivity contribution is 0.0907. The van der Waals surface area contributed by atoms with Crippen molar-refractivity contribution in [2.75, 3.05) is 23.4 Å². The van der Waals surface area contributed by atoms with E-state index in [-0.39, 0.29) is 6.04 Å². The molecule has 2 aromatic carbocycles. The maximum absolute atomic E-state index is 9.45. The monoisotopic (exact) mass is 438 g/mol. The first-order chi connectivity index (χ1) is 16.1. The SMILES string of the molecule is Cc1c(C#N)cccc1C(C)Nc1nc2nccn2c2ccc(N3C4CCC3COC4)cc12. The van der Waals surface area contributed by atoms with Crippen LogP contribution in [-0.4, -0.2) is 39.7 Å². The highest BCUT2D eigenvalue weighted by Gasteiger charge is 2.37. The molecule has 2 aliphatic heterocycles. The van der Waals surface area contributed by atoms with E-state index < -0.39 is 0 Å². The number of hydrogen-bond donors (Lipinski definition) is 1. The summed E-state index contributed by atoms with van der Waals surface area (Å²) in [7, 11) is 0. The molecule has 3 atom stereocenters. The molecule has 6 rings (SSSR count). The van der Waals surface area contributed by atoms with Crippen LogP contribution in [0.1, 0.15) is 42.5 Å². The largest absolute Gasteiger partial charge is 0.377 e. The fraction of sp³-hybridized carbons (Fsp3) is 0.346. The molecule has 0 spiro atoms. The molecule has 0 aliphatic carbocycles. The van der Waals surface area contributed by atoms with Crippen LogP contribution in [0.2, 0.25) is 0 Å². The first-order valence-corrected chi connectivity index (χ1v) is 11.5. The number of imidazole rings is 1. The first-order valence-electron chi connectivity index (χ1n) is 11.5. The van der Waals surface area contributed by atoms with Gasteiger partial charge in [0, 0.05) is 23.5 Å². The number of nitriles is 1. The summed E-state index contributed by atoms with van der Waals surface area (Å²) in [6.45, 7) is 5.70.